The number of fused-ring (bicyclic) bond motifs is 1. The molecule has 3 nitrogen and oxygen atoms in total. The van der Waals surface area contributed by atoms with Crippen molar-refractivity contribution in [3.63, 3.8) is 0 Å². The van der Waals surface area contributed by atoms with Crippen molar-refractivity contribution in [2.75, 3.05) is 13.9 Å². The molecule has 0 aromatic heterocycles. The monoisotopic (exact) mass is 258 g/mol. The fourth-order valence-corrected chi connectivity index (χ4v) is 1.34. The van der Waals surface area contributed by atoms with Gasteiger partial charge in [0.05, 0.1) is 7.11 Å². The third-order valence-electron chi connectivity index (χ3n) is 2.06. The molecule has 1 aliphatic heterocycles. The van der Waals surface area contributed by atoms with Gasteiger partial charge in [-0.25, -0.2) is 0 Å². The van der Waals surface area contributed by atoms with Crippen molar-refractivity contribution in [2.24, 2.45) is 0 Å². The summed E-state index contributed by atoms with van der Waals surface area (Å²) in [5.74, 6) is 0.337. The summed E-state index contributed by atoms with van der Waals surface area (Å²) < 4.78 is 52.1. The molecule has 0 fully saturated rings. The van der Waals surface area contributed by atoms with Crippen molar-refractivity contribution in [3.05, 3.63) is 12.1 Å². The number of benzene rings is 1. The van der Waals surface area contributed by atoms with Gasteiger partial charge in [-0.15, -0.1) is 5.46 Å². The summed E-state index contributed by atoms with van der Waals surface area (Å²) in [7, 11) is 1.28. The zero-order chi connectivity index (χ0) is 11.1. The number of hydrogen-bond donors (Lipinski definition) is 0. The molecule has 0 aliphatic carbocycles. The van der Waals surface area contributed by atoms with E-state index in [1.165, 1.54) is 7.11 Å². The van der Waals surface area contributed by atoms with Gasteiger partial charge < -0.3 is 27.2 Å². The van der Waals surface area contributed by atoms with Crippen LogP contribution in [0.3, 0.4) is 0 Å². The van der Waals surface area contributed by atoms with Gasteiger partial charge in [0.25, 0.3) is 0 Å². The van der Waals surface area contributed by atoms with Gasteiger partial charge in [0.1, 0.15) is 0 Å². The molecule has 0 amide bonds. The van der Waals surface area contributed by atoms with Crippen LogP contribution in [0, 0.1) is 0 Å². The standard InChI is InChI=1S/C8H7BF3O3.K/c1-13-6-2-5(9(10,11)12)3-7-8(6)15-4-14-7;/h2-3H,4H2,1H3;/q-1;+1. The van der Waals surface area contributed by atoms with Crippen molar-refractivity contribution in [3.8, 4) is 17.2 Å². The maximum Gasteiger partial charge on any atom is 1.00 e. The summed E-state index contributed by atoms with van der Waals surface area (Å²) in [6, 6.07) is 1.83. The summed E-state index contributed by atoms with van der Waals surface area (Å²) in [6.45, 7) is -5.14. The van der Waals surface area contributed by atoms with Gasteiger partial charge in [0, 0.05) is 0 Å². The van der Waals surface area contributed by atoms with E-state index in [1.807, 2.05) is 0 Å². The smallest absolute Gasteiger partial charge is 0.493 e. The Bertz CT molecular complexity index is 397. The number of halogens is 3. The van der Waals surface area contributed by atoms with Crippen molar-refractivity contribution in [1.29, 1.82) is 0 Å². The van der Waals surface area contributed by atoms with Crippen molar-refractivity contribution in [1.82, 2.24) is 0 Å². The van der Waals surface area contributed by atoms with E-state index in [0.717, 1.165) is 12.1 Å². The minimum absolute atomic E-state index is 0. The molecule has 8 heteroatoms. The quantitative estimate of drug-likeness (QED) is 0.603. The maximum absolute atomic E-state index is 12.5. The molecule has 1 aromatic rings. The average molecular weight is 258 g/mol. The molecule has 16 heavy (non-hydrogen) atoms. The van der Waals surface area contributed by atoms with E-state index in [9.17, 15) is 12.9 Å². The third-order valence-corrected chi connectivity index (χ3v) is 2.06. The Kier molecular flexibility index (Phi) is 4.59. The molecule has 0 unspecified atom stereocenters. The molecule has 0 radical (unpaired) electrons. The molecule has 0 spiro atoms. The third kappa shape index (κ3) is 2.68. The van der Waals surface area contributed by atoms with E-state index in [0.29, 0.717) is 0 Å². The van der Waals surface area contributed by atoms with E-state index < -0.39 is 12.4 Å². The number of hydrogen-bond acceptors (Lipinski definition) is 3. The average Bonchev–Trinajstić information content (AvgIpc) is 2.62. The van der Waals surface area contributed by atoms with Crippen LogP contribution in [-0.4, -0.2) is 20.9 Å². The second kappa shape index (κ2) is 5.18. The van der Waals surface area contributed by atoms with Crippen LogP contribution in [-0.2, 0) is 0 Å². The van der Waals surface area contributed by atoms with E-state index in [-0.39, 0.29) is 75.4 Å². The molecule has 0 saturated carbocycles. The van der Waals surface area contributed by atoms with E-state index in [4.69, 9.17) is 14.2 Å². The second-order valence-corrected chi connectivity index (χ2v) is 3.03. The van der Waals surface area contributed by atoms with E-state index in [2.05, 4.69) is 0 Å². The molecule has 1 heterocycles. The topological polar surface area (TPSA) is 27.7 Å². The van der Waals surface area contributed by atoms with Crippen LogP contribution in [0.5, 0.6) is 17.2 Å². The van der Waals surface area contributed by atoms with Gasteiger partial charge in [0.2, 0.25) is 12.5 Å². The number of ether oxygens (including phenoxy) is 3. The van der Waals surface area contributed by atoms with Crippen LogP contribution in [0.25, 0.3) is 0 Å². The maximum atomic E-state index is 12.5. The molecular formula is C8H7BF3KO3. The van der Waals surface area contributed by atoms with Crippen LogP contribution in [0.2, 0.25) is 0 Å². The Balaban J connectivity index is 0.00000128. The predicted octanol–water partition coefficient (Wildman–Crippen LogP) is -1.52. The Morgan fingerprint density at radius 2 is 1.94 bits per heavy atom. The molecular weight excluding hydrogens is 251 g/mol. The first-order valence-electron chi connectivity index (χ1n) is 4.20. The number of rotatable bonds is 2. The van der Waals surface area contributed by atoms with Crippen molar-refractivity contribution >= 4 is 12.4 Å². The molecule has 1 aliphatic rings. The van der Waals surface area contributed by atoms with Crippen LogP contribution in [0.1, 0.15) is 0 Å². The molecule has 82 valence electrons. The summed E-state index contributed by atoms with van der Waals surface area (Å²) in [5.41, 5.74) is -0.754. The normalized spacial score (nSPS) is 13.2. The molecule has 0 N–H and O–H groups in total. The summed E-state index contributed by atoms with van der Waals surface area (Å²) in [4.78, 5) is 0. The van der Waals surface area contributed by atoms with Crippen LogP contribution in [0.15, 0.2) is 12.1 Å². The first-order valence-corrected chi connectivity index (χ1v) is 4.20. The molecule has 1 aromatic carbocycles. The Morgan fingerprint density at radius 1 is 1.25 bits per heavy atom. The van der Waals surface area contributed by atoms with Gasteiger partial charge in [-0.05, 0) is 12.1 Å². The Hall–Kier alpha value is 0.111. The largest absolute Gasteiger partial charge is 1.00 e. The summed E-state index contributed by atoms with van der Waals surface area (Å²) in [5, 5.41) is 0. The first kappa shape index (κ1) is 14.2. The van der Waals surface area contributed by atoms with Gasteiger partial charge in [-0.2, -0.15) is 0 Å². The summed E-state index contributed by atoms with van der Waals surface area (Å²) in [6.07, 6.45) is 0. The molecule has 0 bridgehead atoms. The fourth-order valence-electron chi connectivity index (χ4n) is 1.34. The SMILES string of the molecule is COc1cc([B-](F)(F)F)cc2c1OCO2.[K+]. The van der Waals surface area contributed by atoms with Gasteiger partial charge in [-0.1, -0.05) is 0 Å². The molecule has 0 saturated heterocycles. The zero-order valence-corrected chi connectivity index (χ0v) is 11.9. The minimum Gasteiger partial charge on any atom is -0.493 e. The van der Waals surface area contributed by atoms with Gasteiger partial charge in [-0.3, -0.25) is 0 Å². The van der Waals surface area contributed by atoms with Crippen LogP contribution in [0.4, 0.5) is 12.9 Å². The Morgan fingerprint density at radius 3 is 2.50 bits per heavy atom. The van der Waals surface area contributed by atoms with E-state index in [1.54, 1.807) is 0 Å². The van der Waals surface area contributed by atoms with Gasteiger partial charge >= 0.3 is 58.4 Å². The predicted molar refractivity (Wildman–Crippen MR) is 47.8 cm³/mol. The zero-order valence-electron chi connectivity index (χ0n) is 8.80. The number of methoxy groups -OCH3 is 1. The van der Waals surface area contributed by atoms with Gasteiger partial charge in [0.15, 0.2) is 11.5 Å². The van der Waals surface area contributed by atoms with Crippen molar-refractivity contribution in [2.45, 2.75) is 0 Å². The second-order valence-electron chi connectivity index (χ2n) is 3.03. The minimum atomic E-state index is -5.06. The fraction of sp³-hybridized carbons (Fsp3) is 0.250. The van der Waals surface area contributed by atoms with Crippen molar-refractivity contribution < 1.29 is 78.5 Å². The van der Waals surface area contributed by atoms with E-state index >= 15 is 0 Å². The molecule has 2 rings (SSSR count). The van der Waals surface area contributed by atoms with Crippen LogP contribution >= 0.6 is 0 Å². The van der Waals surface area contributed by atoms with Crippen LogP contribution < -0.4 is 71.1 Å². The Labute approximate surface area is 133 Å². The first-order chi connectivity index (χ1) is 7.02. The summed E-state index contributed by atoms with van der Waals surface area (Å²) >= 11 is 0. The molecule has 0 atom stereocenters.